The van der Waals surface area contributed by atoms with E-state index in [0.717, 1.165) is 6.07 Å². The Balaban J connectivity index is 2.47. The molecule has 0 aliphatic heterocycles. The van der Waals surface area contributed by atoms with Gasteiger partial charge in [0, 0.05) is 14.1 Å². The maximum Gasteiger partial charge on any atom is 0.265 e. The predicted molar refractivity (Wildman–Crippen MR) is 78.3 cm³/mol. The molecule has 0 radical (unpaired) electrons. The highest BCUT2D eigenvalue weighted by atomic mass is 32.2. The molecule has 9 heteroatoms. The molecule has 2 rings (SSSR count). The van der Waals surface area contributed by atoms with Crippen LogP contribution in [-0.2, 0) is 10.0 Å². The second-order valence-corrected chi connectivity index (χ2v) is 6.44. The lowest BCUT2D eigenvalue weighted by molar-refractivity contribution is 0.551. The third kappa shape index (κ3) is 3.14. The molecule has 1 N–H and O–H groups in total. The highest BCUT2D eigenvalue weighted by molar-refractivity contribution is 7.92. The maximum atomic E-state index is 13.9. The summed E-state index contributed by atoms with van der Waals surface area (Å²) < 4.78 is 54.1. The Morgan fingerprint density at radius 3 is 2.50 bits per heavy atom. The average molecular weight is 328 g/mol. The molecule has 1 aromatic heterocycles. The van der Waals surface area contributed by atoms with Crippen LogP contribution < -0.4 is 9.62 Å². The summed E-state index contributed by atoms with van der Waals surface area (Å²) in [5.41, 5.74) is 0.0846. The minimum atomic E-state index is -4.31. The van der Waals surface area contributed by atoms with Gasteiger partial charge in [-0.05, 0) is 24.6 Å². The highest BCUT2D eigenvalue weighted by Crippen LogP contribution is 2.25. The third-order valence-corrected chi connectivity index (χ3v) is 4.24. The van der Waals surface area contributed by atoms with Gasteiger partial charge in [0.1, 0.15) is 28.5 Å². The molecule has 0 fully saturated rings. The first-order valence-corrected chi connectivity index (χ1v) is 7.66. The van der Waals surface area contributed by atoms with Crippen molar-refractivity contribution in [1.29, 1.82) is 0 Å². The van der Waals surface area contributed by atoms with Crippen LogP contribution in [0.15, 0.2) is 29.6 Å². The quantitative estimate of drug-likeness (QED) is 0.928. The topological polar surface area (TPSA) is 75.2 Å². The third-order valence-electron chi connectivity index (χ3n) is 2.86. The van der Waals surface area contributed by atoms with Crippen LogP contribution in [0.4, 0.5) is 20.3 Å². The number of aromatic nitrogens is 2. The molecule has 1 heterocycles. The van der Waals surface area contributed by atoms with E-state index < -0.39 is 26.6 Å². The van der Waals surface area contributed by atoms with Gasteiger partial charge in [-0.1, -0.05) is 0 Å². The molecule has 0 amide bonds. The Morgan fingerprint density at radius 1 is 1.18 bits per heavy atom. The summed E-state index contributed by atoms with van der Waals surface area (Å²) in [4.78, 5) is 8.44. The van der Waals surface area contributed by atoms with E-state index in [1.807, 2.05) is 0 Å². The number of rotatable bonds is 4. The monoisotopic (exact) mass is 328 g/mol. The molecular formula is C13H14F2N4O2S. The zero-order chi connectivity index (χ0) is 16.5. The fourth-order valence-corrected chi connectivity index (χ4v) is 2.90. The molecule has 0 spiro atoms. The van der Waals surface area contributed by atoms with Gasteiger partial charge in [0.05, 0.1) is 6.20 Å². The molecule has 0 bridgehead atoms. The van der Waals surface area contributed by atoms with Crippen molar-refractivity contribution in [2.24, 2.45) is 0 Å². The Morgan fingerprint density at radius 2 is 1.86 bits per heavy atom. The molecule has 1 aromatic carbocycles. The van der Waals surface area contributed by atoms with Gasteiger partial charge in [-0.3, -0.25) is 4.72 Å². The largest absolute Gasteiger partial charge is 0.361 e. The minimum absolute atomic E-state index is 0.0217. The van der Waals surface area contributed by atoms with Crippen LogP contribution in [0.5, 0.6) is 0 Å². The molecule has 22 heavy (non-hydrogen) atoms. The number of benzene rings is 1. The lowest BCUT2D eigenvalue weighted by Crippen LogP contribution is -2.19. The molecule has 0 unspecified atom stereocenters. The summed E-state index contributed by atoms with van der Waals surface area (Å²) in [6.45, 7) is 1.34. The van der Waals surface area contributed by atoms with Crippen LogP contribution in [0.3, 0.4) is 0 Å². The number of halogens is 2. The van der Waals surface area contributed by atoms with Gasteiger partial charge in [-0.15, -0.1) is 0 Å². The number of hydrogen-bond acceptors (Lipinski definition) is 5. The van der Waals surface area contributed by atoms with Gasteiger partial charge < -0.3 is 4.90 Å². The standard InChI is InChI=1S/C13H14F2N4O2S/c1-8-4-10(15)12(5-9(8)14)22(20,21)18-11-6-16-7-17-13(11)19(2)3/h4-7,18H,1-3H3. The van der Waals surface area contributed by atoms with E-state index in [1.165, 1.54) is 19.4 Å². The van der Waals surface area contributed by atoms with Crippen molar-refractivity contribution in [3.63, 3.8) is 0 Å². The molecule has 118 valence electrons. The molecule has 0 saturated carbocycles. The molecule has 0 atom stereocenters. The van der Waals surface area contributed by atoms with Crippen molar-refractivity contribution >= 4 is 21.5 Å². The normalized spacial score (nSPS) is 11.3. The second kappa shape index (κ2) is 5.84. The van der Waals surface area contributed by atoms with Crippen molar-refractivity contribution in [2.75, 3.05) is 23.7 Å². The van der Waals surface area contributed by atoms with E-state index in [0.29, 0.717) is 11.9 Å². The number of anilines is 2. The number of hydrogen-bond donors (Lipinski definition) is 1. The average Bonchev–Trinajstić information content (AvgIpc) is 2.42. The van der Waals surface area contributed by atoms with Gasteiger partial charge in [-0.25, -0.2) is 27.2 Å². The Bertz CT molecular complexity index is 810. The maximum absolute atomic E-state index is 13.9. The number of sulfonamides is 1. The summed E-state index contributed by atoms with van der Waals surface area (Å²) in [5.74, 6) is -1.54. The summed E-state index contributed by atoms with van der Waals surface area (Å²) in [5, 5.41) is 0. The first-order chi connectivity index (χ1) is 10.2. The van der Waals surface area contributed by atoms with Crippen LogP contribution in [0.1, 0.15) is 5.56 Å². The summed E-state index contributed by atoms with van der Waals surface area (Å²) >= 11 is 0. The predicted octanol–water partition coefficient (Wildman–Crippen LogP) is 1.93. The highest BCUT2D eigenvalue weighted by Gasteiger charge is 2.23. The van der Waals surface area contributed by atoms with Crippen molar-refractivity contribution in [3.8, 4) is 0 Å². The second-order valence-electron chi connectivity index (χ2n) is 4.79. The number of nitrogens with zero attached hydrogens (tertiary/aromatic N) is 3. The van der Waals surface area contributed by atoms with Gasteiger partial charge >= 0.3 is 0 Å². The van der Waals surface area contributed by atoms with Gasteiger partial charge in [0.25, 0.3) is 10.0 Å². The molecule has 0 aliphatic carbocycles. The van der Waals surface area contributed by atoms with Gasteiger partial charge in [0.15, 0.2) is 5.82 Å². The molecule has 0 aliphatic rings. The summed E-state index contributed by atoms with van der Waals surface area (Å²) in [6.07, 6.45) is 2.49. The fourth-order valence-electron chi connectivity index (χ4n) is 1.79. The first-order valence-electron chi connectivity index (χ1n) is 6.18. The Labute approximate surface area is 126 Å². The Kier molecular flexibility index (Phi) is 4.27. The molecule has 0 saturated heterocycles. The zero-order valence-electron chi connectivity index (χ0n) is 12.1. The van der Waals surface area contributed by atoms with Crippen LogP contribution in [0.25, 0.3) is 0 Å². The van der Waals surface area contributed by atoms with Gasteiger partial charge in [-0.2, -0.15) is 0 Å². The fraction of sp³-hybridized carbons (Fsp3) is 0.231. The lowest BCUT2D eigenvalue weighted by Gasteiger charge is -2.16. The van der Waals surface area contributed by atoms with Crippen molar-refractivity contribution in [2.45, 2.75) is 11.8 Å². The van der Waals surface area contributed by atoms with E-state index >= 15 is 0 Å². The van der Waals surface area contributed by atoms with Crippen LogP contribution in [-0.4, -0.2) is 32.5 Å². The SMILES string of the molecule is Cc1cc(F)c(S(=O)(=O)Nc2cncnc2N(C)C)cc1F. The van der Waals surface area contributed by atoms with E-state index in [4.69, 9.17) is 0 Å². The van der Waals surface area contributed by atoms with E-state index in [-0.39, 0.29) is 11.3 Å². The van der Waals surface area contributed by atoms with Crippen LogP contribution in [0.2, 0.25) is 0 Å². The Hall–Kier alpha value is -2.29. The zero-order valence-corrected chi connectivity index (χ0v) is 12.9. The van der Waals surface area contributed by atoms with E-state index in [1.54, 1.807) is 19.0 Å². The lowest BCUT2D eigenvalue weighted by atomic mass is 10.2. The van der Waals surface area contributed by atoms with Gasteiger partial charge in [0.2, 0.25) is 0 Å². The summed E-state index contributed by atoms with van der Waals surface area (Å²) in [7, 11) is -0.993. The summed E-state index contributed by atoms with van der Waals surface area (Å²) in [6, 6.07) is 1.48. The number of aryl methyl sites for hydroxylation is 1. The van der Waals surface area contributed by atoms with E-state index in [9.17, 15) is 17.2 Å². The molecule has 2 aromatic rings. The molecular weight excluding hydrogens is 314 g/mol. The van der Waals surface area contributed by atoms with Crippen molar-refractivity contribution in [3.05, 3.63) is 41.9 Å². The smallest absolute Gasteiger partial charge is 0.265 e. The first kappa shape index (κ1) is 16.1. The number of nitrogens with one attached hydrogen (secondary N) is 1. The van der Waals surface area contributed by atoms with Crippen LogP contribution >= 0.6 is 0 Å². The minimum Gasteiger partial charge on any atom is -0.361 e. The van der Waals surface area contributed by atoms with E-state index in [2.05, 4.69) is 14.7 Å². The van der Waals surface area contributed by atoms with Crippen molar-refractivity contribution < 1.29 is 17.2 Å². The van der Waals surface area contributed by atoms with Crippen molar-refractivity contribution in [1.82, 2.24) is 9.97 Å². The molecule has 6 nitrogen and oxygen atoms in total. The van der Waals surface area contributed by atoms with Crippen LogP contribution in [0, 0.1) is 18.6 Å².